The van der Waals surface area contributed by atoms with Gasteiger partial charge >= 0.3 is 0 Å². The molecule has 1 aromatic carbocycles. The van der Waals surface area contributed by atoms with Gasteiger partial charge in [0.2, 0.25) is 5.91 Å². The van der Waals surface area contributed by atoms with Crippen LogP contribution in [0, 0.1) is 5.82 Å². The van der Waals surface area contributed by atoms with Gasteiger partial charge in [-0.05, 0) is 55.1 Å². The van der Waals surface area contributed by atoms with Crippen molar-refractivity contribution in [3.63, 3.8) is 0 Å². The van der Waals surface area contributed by atoms with Crippen molar-refractivity contribution in [3.05, 3.63) is 52.5 Å². The molecule has 6 heteroatoms. The average Bonchev–Trinajstić information content (AvgIpc) is 3.24. The molecule has 134 valence electrons. The van der Waals surface area contributed by atoms with Crippen molar-refractivity contribution in [2.75, 3.05) is 19.7 Å². The number of thiophene rings is 1. The number of amides is 1. The molecular weight excluding hydrogens is 339 g/mol. The van der Waals surface area contributed by atoms with Gasteiger partial charge in [0.1, 0.15) is 18.2 Å². The Morgan fingerprint density at radius 3 is 2.84 bits per heavy atom. The van der Waals surface area contributed by atoms with Crippen LogP contribution in [0.5, 0.6) is 5.75 Å². The van der Waals surface area contributed by atoms with Crippen LogP contribution < -0.4 is 10.1 Å². The zero-order valence-electron chi connectivity index (χ0n) is 14.1. The van der Waals surface area contributed by atoms with E-state index in [1.165, 1.54) is 17.0 Å². The van der Waals surface area contributed by atoms with Crippen molar-refractivity contribution in [1.82, 2.24) is 10.2 Å². The largest absolute Gasteiger partial charge is 0.492 e. The zero-order valence-corrected chi connectivity index (χ0v) is 14.9. The lowest BCUT2D eigenvalue weighted by Gasteiger charge is -2.24. The highest BCUT2D eigenvalue weighted by Crippen LogP contribution is 2.24. The highest BCUT2D eigenvalue weighted by Gasteiger charge is 2.30. The summed E-state index contributed by atoms with van der Waals surface area (Å²) in [7, 11) is 0. The summed E-state index contributed by atoms with van der Waals surface area (Å²) in [6, 6.07) is 10.5. The van der Waals surface area contributed by atoms with Gasteiger partial charge in [0.05, 0.1) is 6.54 Å². The molecule has 0 unspecified atom stereocenters. The van der Waals surface area contributed by atoms with E-state index in [4.69, 9.17) is 4.74 Å². The fraction of sp³-hybridized carbons (Fsp3) is 0.421. The van der Waals surface area contributed by atoms with Crippen LogP contribution in [-0.4, -0.2) is 36.5 Å². The van der Waals surface area contributed by atoms with Gasteiger partial charge in [-0.1, -0.05) is 6.07 Å². The molecule has 1 aromatic heterocycles. The normalized spacial score (nSPS) is 17.2. The van der Waals surface area contributed by atoms with Gasteiger partial charge in [-0.2, -0.15) is 0 Å². The van der Waals surface area contributed by atoms with Crippen molar-refractivity contribution in [2.24, 2.45) is 0 Å². The van der Waals surface area contributed by atoms with E-state index in [1.807, 2.05) is 16.3 Å². The first-order valence-electron chi connectivity index (χ1n) is 8.63. The molecule has 1 amide bonds. The predicted molar refractivity (Wildman–Crippen MR) is 97.3 cm³/mol. The minimum absolute atomic E-state index is 0.260. The maximum absolute atomic E-state index is 12.8. The molecule has 1 aliphatic heterocycles. The number of nitrogens with one attached hydrogen (secondary N) is 1. The molecule has 0 radical (unpaired) electrons. The Morgan fingerprint density at radius 2 is 2.08 bits per heavy atom. The van der Waals surface area contributed by atoms with Gasteiger partial charge in [0.15, 0.2) is 0 Å². The van der Waals surface area contributed by atoms with E-state index in [0.717, 1.165) is 32.5 Å². The Morgan fingerprint density at radius 1 is 1.24 bits per heavy atom. The third kappa shape index (κ3) is 5.28. The van der Waals surface area contributed by atoms with Crippen molar-refractivity contribution >= 4 is 17.2 Å². The number of rotatable bonds is 9. The number of benzene rings is 1. The second kappa shape index (κ2) is 8.97. The number of carbonyl (C=O) groups excluding carboxylic acids is 1. The quantitative estimate of drug-likeness (QED) is 0.695. The lowest BCUT2D eigenvalue weighted by atomic mass is 10.1. The fourth-order valence-corrected chi connectivity index (χ4v) is 3.75. The molecule has 0 spiro atoms. The van der Waals surface area contributed by atoms with Crippen LogP contribution in [-0.2, 0) is 11.3 Å². The van der Waals surface area contributed by atoms with Crippen LogP contribution in [0.3, 0.4) is 0 Å². The third-order valence-corrected chi connectivity index (χ3v) is 5.24. The highest BCUT2D eigenvalue weighted by molar-refractivity contribution is 7.09. The molecule has 1 atom stereocenters. The van der Waals surface area contributed by atoms with E-state index in [0.29, 0.717) is 24.8 Å². The van der Waals surface area contributed by atoms with Crippen molar-refractivity contribution < 1.29 is 13.9 Å². The number of hydrogen-bond donors (Lipinski definition) is 1. The fourth-order valence-electron chi connectivity index (χ4n) is 3.05. The maximum Gasteiger partial charge on any atom is 0.223 e. The van der Waals surface area contributed by atoms with Gasteiger partial charge < -0.3 is 15.0 Å². The summed E-state index contributed by atoms with van der Waals surface area (Å²) in [6.45, 7) is 2.84. The Hall–Kier alpha value is -1.92. The maximum atomic E-state index is 12.8. The van der Waals surface area contributed by atoms with Crippen LogP contribution in [0.1, 0.15) is 24.1 Å². The summed E-state index contributed by atoms with van der Waals surface area (Å²) in [4.78, 5) is 15.3. The van der Waals surface area contributed by atoms with Crippen LogP contribution in [0.25, 0.3) is 0 Å². The minimum atomic E-state index is -0.260. The van der Waals surface area contributed by atoms with Crippen LogP contribution in [0.2, 0.25) is 0 Å². The Balaban J connectivity index is 1.33. The summed E-state index contributed by atoms with van der Waals surface area (Å²) in [6.07, 6.45) is 2.55. The number of nitrogens with zero attached hydrogens (tertiary/aromatic N) is 1. The number of likely N-dealkylation sites (tertiary alicyclic amines) is 1. The Bertz CT molecular complexity index is 661. The molecule has 1 N–H and O–H groups in total. The van der Waals surface area contributed by atoms with E-state index in [2.05, 4.69) is 11.4 Å². The SMILES string of the molecule is O=C1CC[C@H](CCNCCOc2ccc(F)cc2)N1Cc1cccs1. The second-order valence-corrected chi connectivity index (χ2v) is 7.17. The lowest BCUT2D eigenvalue weighted by Crippen LogP contribution is -2.35. The topological polar surface area (TPSA) is 41.6 Å². The Labute approximate surface area is 151 Å². The molecule has 0 aliphatic carbocycles. The van der Waals surface area contributed by atoms with Crippen molar-refractivity contribution in [1.29, 1.82) is 0 Å². The van der Waals surface area contributed by atoms with Gasteiger partial charge in [-0.25, -0.2) is 4.39 Å². The molecule has 1 fully saturated rings. The van der Waals surface area contributed by atoms with Gasteiger partial charge in [-0.3, -0.25) is 4.79 Å². The van der Waals surface area contributed by atoms with Gasteiger partial charge in [0.25, 0.3) is 0 Å². The van der Waals surface area contributed by atoms with Crippen LogP contribution >= 0.6 is 11.3 Å². The van der Waals surface area contributed by atoms with E-state index < -0.39 is 0 Å². The van der Waals surface area contributed by atoms with Crippen molar-refractivity contribution in [3.8, 4) is 5.75 Å². The van der Waals surface area contributed by atoms with Gasteiger partial charge in [-0.15, -0.1) is 11.3 Å². The Kier molecular flexibility index (Phi) is 6.42. The molecule has 1 saturated heterocycles. The first-order valence-corrected chi connectivity index (χ1v) is 9.51. The number of carbonyl (C=O) groups is 1. The summed E-state index contributed by atoms with van der Waals surface area (Å²) in [5.41, 5.74) is 0. The predicted octanol–water partition coefficient (Wildman–Crippen LogP) is 3.44. The molecule has 1 aliphatic rings. The zero-order chi connectivity index (χ0) is 17.5. The summed E-state index contributed by atoms with van der Waals surface area (Å²) in [5, 5.41) is 5.40. The number of hydrogen-bond acceptors (Lipinski definition) is 4. The smallest absolute Gasteiger partial charge is 0.223 e. The first-order chi connectivity index (χ1) is 12.2. The van der Waals surface area contributed by atoms with Gasteiger partial charge in [0, 0.05) is 23.9 Å². The third-order valence-electron chi connectivity index (χ3n) is 4.37. The molecule has 25 heavy (non-hydrogen) atoms. The van der Waals surface area contributed by atoms with E-state index in [9.17, 15) is 9.18 Å². The van der Waals surface area contributed by atoms with Crippen LogP contribution in [0.4, 0.5) is 4.39 Å². The number of ether oxygens (including phenoxy) is 1. The first kappa shape index (κ1) is 17.9. The molecule has 0 bridgehead atoms. The van der Waals surface area contributed by atoms with Crippen molar-refractivity contribution in [2.45, 2.75) is 31.8 Å². The molecule has 0 saturated carbocycles. The van der Waals surface area contributed by atoms with E-state index in [-0.39, 0.29) is 11.7 Å². The molecular formula is C19H23FN2O2S. The minimum Gasteiger partial charge on any atom is -0.492 e. The molecule has 3 rings (SSSR count). The molecule has 2 heterocycles. The summed E-state index contributed by atoms with van der Waals surface area (Å²) in [5.74, 6) is 0.674. The van der Waals surface area contributed by atoms with E-state index in [1.54, 1.807) is 23.5 Å². The highest BCUT2D eigenvalue weighted by atomic mass is 32.1. The number of halogens is 1. The molecule has 2 aromatic rings. The molecule has 4 nitrogen and oxygen atoms in total. The summed E-state index contributed by atoms with van der Waals surface area (Å²) < 4.78 is 18.4. The standard InChI is InChI=1S/C19H23FN2O2S/c20-15-3-6-17(7-4-15)24-12-11-21-10-9-16-5-8-19(23)22(16)14-18-2-1-13-25-18/h1-4,6-7,13,16,21H,5,8-12,14H2/t16-/m1/s1. The monoisotopic (exact) mass is 362 g/mol. The summed E-state index contributed by atoms with van der Waals surface area (Å²) >= 11 is 1.70. The lowest BCUT2D eigenvalue weighted by molar-refractivity contribution is -0.129. The van der Waals surface area contributed by atoms with E-state index >= 15 is 0 Å². The van der Waals surface area contributed by atoms with Crippen LogP contribution in [0.15, 0.2) is 41.8 Å². The second-order valence-electron chi connectivity index (χ2n) is 6.13. The average molecular weight is 362 g/mol.